The van der Waals surface area contributed by atoms with Crippen molar-refractivity contribution < 1.29 is 89.1 Å². The third-order valence-electron chi connectivity index (χ3n) is 13.5. The second-order valence-corrected chi connectivity index (χ2v) is 19.7. The topological polar surface area (TPSA) is 364 Å². The van der Waals surface area contributed by atoms with Gasteiger partial charge in [-0.05, 0) is 52.5 Å². The van der Waals surface area contributed by atoms with Gasteiger partial charge in [-0.3, -0.25) is 14.4 Å². The van der Waals surface area contributed by atoms with E-state index in [-0.39, 0.29) is 38.0 Å². The standard InChI is InChI=1S/C53H85N3O18/c1-31-19-16-14-12-10-8-6-7-9-11-13-15-17-20-38(73-52-49(66)46(48(65)34(4)72-52)56-50(67)39(55)21-18-24-54)28-43-45(51(68)70-5)42(62)30-53(69,74-43)29-37(59)26-41(61)40(60)23-22-35(57)25-36(58)27-44(63)71-33(3)32(2)47(31)64/h6-17,19-20,31-43,45-49,52,57-62,64-66,69H,18,21-30,54-55H2,1-5H3,(H,56,67)/b7-6+,10-8+,11-9+,14-12-,15-13+,19-16+,20-17+. The summed E-state index contributed by atoms with van der Waals surface area (Å²) >= 11 is 0. The van der Waals surface area contributed by atoms with Crippen LogP contribution in [0.5, 0.6) is 0 Å². The normalized spacial score (nSPS) is 41.7. The Hall–Kier alpha value is -4.01. The van der Waals surface area contributed by atoms with Crippen molar-refractivity contribution in [3.63, 3.8) is 0 Å². The Kier molecular flexibility index (Phi) is 28.3. The van der Waals surface area contributed by atoms with Crippen LogP contribution in [0.4, 0.5) is 0 Å². The molecule has 21 nitrogen and oxygen atoms in total. The fraction of sp³-hybridized carbons (Fsp3) is 0.679. The zero-order valence-corrected chi connectivity index (χ0v) is 43.2. The number of hydrogen-bond donors (Lipinski definition) is 13. The van der Waals surface area contributed by atoms with Crippen LogP contribution in [0.2, 0.25) is 0 Å². The van der Waals surface area contributed by atoms with Crippen molar-refractivity contribution >= 4 is 17.8 Å². The predicted octanol–water partition coefficient (Wildman–Crippen LogP) is 0.0238. The Labute approximate surface area is 434 Å². The Morgan fingerprint density at radius 3 is 1.92 bits per heavy atom. The lowest BCUT2D eigenvalue weighted by Gasteiger charge is -2.46. The van der Waals surface area contributed by atoms with Gasteiger partial charge in [0, 0.05) is 37.5 Å². The molecule has 0 spiro atoms. The molecule has 2 saturated heterocycles. The summed E-state index contributed by atoms with van der Waals surface area (Å²) in [6.45, 7) is 7.01. The summed E-state index contributed by atoms with van der Waals surface area (Å²) in [6.07, 6.45) is 3.53. The lowest BCUT2D eigenvalue weighted by atomic mass is 9.82. The maximum atomic E-state index is 13.2. The van der Waals surface area contributed by atoms with Crippen LogP contribution in [0.15, 0.2) is 85.1 Å². The van der Waals surface area contributed by atoms with Gasteiger partial charge in [-0.25, -0.2) is 0 Å². The third kappa shape index (κ3) is 21.5. The minimum Gasteiger partial charge on any atom is -0.469 e. The number of hydrogen-bond acceptors (Lipinski definition) is 20. The molecule has 2 fully saturated rings. The van der Waals surface area contributed by atoms with Crippen LogP contribution >= 0.6 is 0 Å². The fourth-order valence-electron chi connectivity index (χ4n) is 8.97. The smallest absolute Gasteiger partial charge is 0.313 e. The van der Waals surface area contributed by atoms with E-state index in [0.29, 0.717) is 13.0 Å². The number of methoxy groups -OCH3 is 1. The van der Waals surface area contributed by atoms with Crippen LogP contribution in [0.25, 0.3) is 0 Å². The van der Waals surface area contributed by atoms with Crippen molar-refractivity contribution in [2.24, 2.45) is 29.2 Å². The SMILES string of the molecule is COC(=O)C1C(O)CC2(O)CC(O)CC(O)C(O)CCC(O)CC(O)CC(=O)OC(C)C(C)C(O)C(C)/C=C/C=C\C=C\C=C\C=C\C=C\C=C\C(OC3OC(C)C(O)C(NC(=O)C(N)CCCN)C3O)CC1O2. The number of aliphatic hydroxyl groups is 10. The van der Waals surface area contributed by atoms with E-state index in [1.807, 2.05) is 13.0 Å². The van der Waals surface area contributed by atoms with Crippen LogP contribution < -0.4 is 16.8 Å². The minimum absolute atomic E-state index is 0.116. The molecule has 420 valence electrons. The van der Waals surface area contributed by atoms with Crippen LogP contribution in [0.3, 0.4) is 0 Å². The third-order valence-corrected chi connectivity index (χ3v) is 13.5. The van der Waals surface area contributed by atoms with Crippen LogP contribution in [-0.4, -0.2) is 186 Å². The molecule has 3 heterocycles. The van der Waals surface area contributed by atoms with E-state index in [4.69, 9.17) is 35.2 Å². The zero-order chi connectivity index (χ0) is 55.1. The molecule has 15 N–H and O–H groups in total. The Bertz CT molecular complexity index is 1910. The number of esters is 2. The molecule has 0 aromatic heterocycles. The molecule has 0 aliphatic carbocycles. The number of cyclic esters (lactones) is 1. The zero-order valence-electron chi connectivity index (χ0n) is 43.2. The number of nitrogens with one attached hydrogen (secondary N) is 1. The van der Waals surface area contributed by atoms with Gasteiger partial charge in [-0.1, -0.05) is 98.9 Å². The highest BCUT2D eigenvalue weighted by molar-refractivity contribution is 5.81. The number of ether oxygens (including phenoxy) is 5. The maximum Gasteiger partial charge on any atom is 0.313 e. The van der Waals surface area contributed by atoms with E-state index in [2.05, 4.69) is 5.32 Å². The van der Waals surface area contributed by atoms with Crippen molar-refractivity contribution in [1.82, 2.24) is 5.32 Å². The Balaban J connectivity index is 1.94. The monoisotopic (exact) mass is 1050 g/mol. The molecule has 0 aromatic carbocycles. The van der Waals surface area contributed by atoms with Crippen molar-refractivity contribution in [3.05, 3.63) is 85.1 Å². The predicted molar refractivity (Wildman–Crippen MR) is 272 cm³/mol. The summed E-state index contributed by atoms with van der Waals surface area (Å²) < 4.78 is 28.8. The summed E-state index contributed by atoms with van der Waals surface area (Å²) in [6, 6.07) is -2.30. The molecule has 20 atom stereocenters. The second kappa shape index (κ2) is 32.5. The Morgan fingerprint density at radius 2 is 1.32 bits per heavy atom. The number of carbonyl (C=O) groups is 3. The first-order valence-corrected chi connectivity index (χ1v) is 25.6. The van der Waals surface area contributed by atoms with Gasteiger partial charge in [-0.2, -0.15) is 0 Å². The van der Waals surface area contributed by atoms with Crippen LogP contribution in [0.1, 0.15) is 91.9 Å². The number of nitrogens with two attached hydrogens (primary N) is 2. The van der Waals surface area contributed by atoms with Gasteiger partial charge in [0.25, 0.3) is 0 Å². The summed E-state index contributed by atoms with van der Waals surface area (Å²) in [5, 5.41) is 113. The molecule has 2 bridgehead atoms. The second-order valence-electron chi connectivity index (χ2n) is 19.7. The van der Waals surface area contributed by atoms with E-state index in [9.17, 15) is 65.4 Å². The van der Waals surface area contributed by atoms with Gasteiger partial charge in [0.2, 0.25) is 5.91 Å². The number of amides is 1. The van der Waals surface area contributed by atoms with Crippen molar-refractivity contribution in [2.75, 3.05) is 13.7 Å². The van der Waals surface area contributed by atoms with E-state index in [1.54, 1.807) is 86.8 Å². The van der Waals surface area contributed by atoms with Crippen molar-refractivity contribution in [1.29, 1.82) is 0 Å². The highest BCUT2D eigenvalue weighted by Gasteiger charge is 2.51. The highest BCUT2D eigenvalue weighted by atomic mass is 16.7. The molecular weight excluding hydrogens is 967 g/mol. The van der Waals surface area contributed by atoms with E-state index in [0.717, 1.165) is 7.11 Å². The lowest BCUT2D eigenvalue weighted by molar-refractivity contribution is -0.309. The molecule has 3 rings (SSSR count). The lowest BCUT2D eigenvalue weighted by Crippen LogP contribution is -2.65. The molecule has 74 heavy (non-hydrogen) atoms. The molecule has 3 aliphatic rings. The number of allylic oxidation sites excluding steroid dienone is 12. The molecule has 1 amide bonds. The van der Waals surface area contributed by atoms with E-state index in [1.165, 1.54) is 13.0 Å². The molecule has 21 heteroatoms. The van der Waals surface area contributed by atoms with Gasteiger partial charge in [0.15, 0.2) is 12.1 Å². The first-order chi connectivity index (χ1) is 35.0. The molecule has 0 saturated carbocycles. The van der Waals surface area contributed by atoms with Gasteiger partial charge in [-0.15, -0.1) is 0 Å². The number of carbonyl (C=O) groups excluding carboxylic acids is 3. The van der Waals surface area contributed by atoms with Gasteiger partial charge in [0.05, 0.1) is 86.7 Å². The van der Waals surface area contributed by atoms with Crippen molar-refractivity contribution in [2.45, 2.75) is 195 Å². The van der Waals surface area contributed by atoms with E-state index >= 15 is 0 Å². The minimum atomic E-state index is -2.33. The van der Waals surface area contributed by atoms with Crippen LogP contribution in [0, 0.1) is 17.8 Å². The molecule has 0 radical (unpaired) electrons. The summed E-state index contributed by atoms with van der Waals surface area (Å²) in [4.78, 5) is 38.9. The first kappa shape index (κ1) is 64.3. The fourth-order valence-corrected chi connectivity index (χ4v) is 8.97. The number of fused-ring (bicyclic) bond motifs is 2. The van der Waals surface area contributed by atoms with Crippen LogP contribution in [-0.2, 0) is 38.1 Å². The van der Waals surface area contributed by atoms with Crippen molar-refractivity contribution in [3.8, 4) is 0 Å². The molecule has 3 aliphatic heterocycles. The number of rotatable bonds is 8. The van der Waals surface area contributed by atoms with E-state index < -0.39 is 159 Å². The largest absolute Gasteiger partial charge is 0.469 e. The molecular formula is C53H85N3O18. The summed E-state index contributed by atoms with van der Waals surface area (Å²) in [7, 11) is 1.10. The quantitative estimate of drug-likeness (QED) is 0.143. The average Bonchev–Trinajstić information content (AvgIpc) is 3.33. The Morgan fingerprint density at radius 1 is 0.730 bits per heavy atom. The average molecular weight is 1050 g/mol. The number of aliphatic hydroxyl groups excluding tert-OH is 9. The summed E-state index contributed by atoms with van der Waals surface area (Å²) in [5.74, 6) is -6.79. The molecule has 20 unspecified atom stereocenters. The highest BCUT2D eigenvalue weighted by Crippen LogP contribution is 2.38. The summed E-state index contributed by atoms with van der Waals surface area (Å²) in [5.41, 5.74) is 11.6. The first-order valence-electron chi connectivity index (χ1n) is 25.6. The van der Waals surface area contributed by atoms with Gasteiger partial charge in [0.1, 0.15) is 24.2 Å². The maximum absolute atomic E-state index is 13.2. The van der Waals surface area contributed by atoms with Gasteiger partial charge >= 0.3 is 11.9 Å². The van der Waals surface area contributed by atoms with Gasteiger partial charge < -0.3 is 91.5 Å². The molecule has 0 aromatic rings.